The van der Waals surface area contributed by atoms with E-state index >= 15 is 0 Å². The van der Waals surface area contributed by atoms with Gasteiger partial charge in [-0.05, 0) is 12.1 Å². The predicted octanol–water partition coefficient (Wildman–Crippen LogP) is 1.09. The van der Waals surface area contributed by atoms with Crippen LogP contribution in [-0.2, 0) is 9.57 Å². The minimum Gasteiger partial charge on any atom is -0.379 e. The SMILES string of the molecule is O=C(ON1CCOCC1)c1ccccc1. The predicted molar refractivity (Wildman–Crippen MR) is 54.2 cm³/mol. The van der Waals surface area contributed by atoms with Crippen LogP contribution in [0.15, 0.2) is 30.3 Å². The summed E-state index contributed by atoms with van der Waals surface area (Å²) in [6.07, 6.45) is 0. The largest absolute Gasteiger partial charge is 0.379 e. The molecule has 4 nitrogen and oxygen atoms in total. The monoisotopic (exact) mass is 207 g/mol. The summed E-state index contributed by atoms with van der Waals surface area (Å²) in [6, 6.07) is 8.98. The first-order valence-corrected chi connectivity index (χ1v) is 4.96. The van der Waals surface area contributed by atoms with Crippen molar-refractivity contribution in [2.24, 2.45) is 0 Å². The molecule has 1 aromatic rings. The van der Waals surface area contributed by atoms with Crippen molar-refractivity contribution in [1.29, 1.82) is 0 Å². The Morgan fingerprint density at radius 2 is 1.87 bits per heavy atom. The molecule has 1 aromatic carbocycles. The quantitative estimate of drug-likeness (QED) is 0.727. The van der Waals surface area contributed by atoms with E-state index in [1.165, 1.54) is 0 Å². The van der Waals surface area contributed by atoms with Crippen LogP contribution in [0.25, 0.3) is 0 Å². The van der Waals surface area contributed by atoms with Crippen LogP contribution >= 0.6 is 0 Å². The lowest BCUT2D eigenvalue weighted by molar-refractivity contribution is -0.150. The maximum absolute atomic E-state index is 11.6. The highest BCUT2D eigenvalue weighted by Crippen LogP contribution is 2.05. The fourth-order valence-corrected chi connectivity index (χ4v) is 1.38. The van der Waals surface area contributed by atoms with Crippen molar-refractivity contribution in [2.75, 3.05) is 26.3 Å². The lowest BCUT2D eigenvalue weighted by Gasteiger charge is -2.24. The number of carbonyl (C=O) groups excluding carboxylic acids is 1. The van der Waals surface area contributed by atoms with Gasteiger partial charge >= 0.3 is 5.97 Å². The van der Waals surface area contributed by atoms with Crippen molar-refractivity contribution in [3.8, 4) is 0 Å². The van der Waals surface area contributed by atoms with Crippen molar-refractivity contribution < 1.29 is 14.4 Å². The van der Waals surface area contributed by atoms with E-state index in [9.17, 15) is 4.79 Å². The molecule has 1 aliphatic rings. The van der Waals surface area contributed by atoms with Gasteiger partial charge in [0.2, 0.25) is 0 Å². The smallest absolute Gasteiger partial charge is 0.357 e. The first-order chi connectivity index (χ1) is 7.36. The van der Waals surface area contributed by atoms with Gasteiger partial charge in [0.1, 0.15) is 0 Å². The Balaban J connectivity index is 1.91. The Labute approximate surface area is 88.4 Å². The van der Waals surface area contributed by atoms with Gasteiger partial charge in [0, 0.05) is 0 Å². The van der Waals surface area contributed by atoms with Crippen LogP contribution in [0.1, 0.15) is 10.4 Å². The Hall–Kier alpha value is -1.39. The van der Waals surface area contributed by atoms with Gasteiger partial charge in [-0.25, -0.2) is 4.79 Å². The summed E-state index contributed by atoms with van der Waals surface area (Å²) >= 11 is 0. The van der Waals surface area contributed by atoms with Gasteiger partial charge in [0.25, 0.3) is 0 Å². The Bertz CT molecular complexity index is 320. The van der Waals surface area contributed by atoms with Crippen molar-refractivity contribution >= 4 is 5.97 Å². The number of nitrogens with zero attached hydrogens (tertiary/aromatic N) is 1. The molecule has 4 heteroatoms. The molecule has 0 N–H and O–H groups in total. The van der Waals surface area contributed by atoms with E-state index in [4.69, 9.17) is 9.57 Å². The minimum atomic E-state index is -0.308. The number of rotatable bonds is 2. The van der Waals surface area contributed by atoms with E-state index in [-0.39, 0.29) is 5.97 Å². The van der Waals surface area contributed by atoms with Gasteiger partial charge in [0.05, 0.1) is 31.9 Å². The molecule has 2 rings (SSSR count). The van der Waals surface area contributed by atoms with E-state index in [2.05, 4.69) is 0 Å². The molecule has 0 saturated carbocycles. The van der Waals surface area contributed by atoms with Crippen molar-refractivity contribution in [3.63, 3.8) is 0 Å². The average molecular weight is 207 g/mol. The molecular formula is C11H13NO3. The molecule has 1 aliphatic heterocycles. The zero-order chi connectivity index (χ0) is 10.5. The second-order valence-corrected chi connectivity index (χ2v) is 3.29. The number of morpholine rings is 1. The number of carbonyl (C=O) groups is 1. The molecule has 1 fully saturated rings. The lowest BCUT2D eigenvalue weighted by atomic mass is 10.2. The van der Waals surface area contributed by atoms with E-state index < -0.39 is 0 Å². The van der Waals surface area contributed by atoms with E-state index in [0.29, 0.717) is 31.9 Å². The Morgan fingerprint density at radius 3 is 2.53 bits per heavy atom. The average Bonchev–Trinajstić information content (AvgIpc) is 2.31. The summed E-state index contributed by atoms with van der Waals surface area (Å²) in [5.74, 6) is -0.308. The van der Waals surface area contributed by atoms with E-state index in [1.807, 2.05) is 18.2 Å². The summed E-state index contributed by atoms with van der Waals surface area (Å²) in [5, 5.41) is 1.64. The topological polar surface area (TPSA) is 38.8 Å². The summed E-state index contributed by atoms with van der Waals surface area (Å²) in [6.45, 7) is 2.50. The molecule has 0 atom stereocenters. The Morgan fingerprint density at radius 1 is 1.20 bits per heavy atom. The third-order valence-electron chi connectivity index (χ3n) is 2.19. The molecule has 0 bridgehead atoms. The lowest BCUT2D eigenvalue weighted by Crippen LogP contribution is -2.37. The fraction of sp³-hybridized carbons (Fsp3) is 0.364. The zero-order valence-corrected chi connectivity index (χ0v) is 8.39. The summed E-state index contributed by atoms with van der Waals surface area (Å²) in [4.78, 5) is 16.8. The van der Waals surface area contributed by atoms with Crippen LogP contribution in [-0.4, -0.2) is 37.3 Å². The van der Waals surface area contributed by atoms with Crippen LogP contribution in [0.4, 0.5) is 0 Å². The van der Waals surface area contributed by atoms with Gasteiger partial charge in [-0.3, -0.25) is 0 Å². The minimum absolute atomic E-state index is 0.308. The third-order valence-corrected chi connectivity index (χ3v) is 2.19. The highest BCUT2D eigenvalue weighted by molar-refractivity contribution is 5.89. The highest BCUT2D eigenvalue weighted by Gasteiger charge is 2.16. The molecule has 80 valence electrons. The molecular weight excluding hydrogens is 194 g/mol. The number of hydroxylamine groups is 2. The van der Waals surface area contributed by atoms with Crippen molar-refractivity contribution in [3.05, 3.63) is 35.9 Å². The van der Waals surface area contributed by atoms with Gasteiger partial charge < -0.3 is 9.57 Å². The molecule has 0 unspecified atom stereocenters. The first-order valence-electron chi connectivity index (χ1n) is 4.96. The third kappa shape index (κ3) is 2.78. The van der Waals surface area contributed by atoms with Gasteiger partial charge in [-0.15, -0.1) is 5.06 Å². The zero-order valence-electron chi connectivity index (χ0n) is 8.39. The molecule has 1 saturated heterocycles. The second kappa shape index (κ2) is 4.91. The van der Waals surface area contributed by atoms with Crippen molar-refractivity contribution in [2.45, 2.75) is 0 Å². The molecule has 0 spiro atoms. The summed E-state index contributed by atoms with van der Waals surface area (Å²) in [5.41, 5.74) is 0.573. The van der Waals surface area contributed by atoms with Gasteiger partial charge in [-0.1, -0.05) is 18.2 Å². The summed E-state index contributed by atoms with van der Waals surface area (Å²) in [7, 11) is 0. The van der Waals surface area contributed by atoms with Crippen molar-refractivity contribution in [1.82, 2.24) is 5.06 Å². The highest BCUT2D eigenvalue weighted by atomic mass is 16.7. The molecule has 0 aromatic heterocycles. The number of benzene rings is 1. The maximum atomic E-state index is 11.6. The number of ether oxygens (including phenoxy) is 1. The standard InChI is InChI=1S/C11H13NO3/c13-11(10-4-2-1-3-5-10)15-12-6-8-14-9-7-12/h1-5H,6-9H2. The first kappa shape index (κ1) is 10.1. The normalized spacial score (nSPS) is 17.3. The van der Waals surface area contributed by atoms with Crippen LogP contribution in [0.3, 0.4) is 0 Å². The van der Waals surface area contributed by atoms with Gasteiger partial charge in [-0.2, -0.15) is 0 Å². The van der Waals surface area contributed by atoms with Crippen LogP contribution in [0.2, 0.25) is 0 Å². The van der Waals surface area contributed by atoms with E-state index in [0.717, 1.165) is 0 Å². The maximum Gasteiger partial charge on any atom is 0.357 e. The van der Waals surface area contributed by atoms with Crippen LogP contribution in [0, 0.1) is 0 Å². The Kier molecular flexibility index (Phi) is 3.32. The van der Waals surface area contributed by atoms with E-state index in [1.54, 1.807) is 17.2 Å². The fourth-order valence-electron chi connectivity index (χ4n) is 1.38. The molecule has 0 aliphatic carbocycles. The second-order valence-electron chi connectivity index (χ2n) is 3.29. The van der Waals surface area contributed by atoms with Crippen LogP contribution < -0.4 is 0 Å². The number of hydrogen-bond donors (Lipinski definition) is 0. The molecule has 1 heterocycles. The number of hydrogen-bond acceptors (Lipinski definition) is 4. The van der Waals surface area contributed by atoms with Crippen LogP contribution in [0.5, 0.6) is 0 Å². The summed E-state index contributed by atoms with van der Waals surface area (Å²) < 4.78 is 5.15. The molecule has 15 heavy (non-hydrogen) atoms. The molecule has 0 amide bonds. The van der Waals surface area contributed by atoms with Gasteiger partial charge in [0.15, 0.2) is 0 Å². The molecule has 0 radical (unpaired) electrons.